The molecule has 54 valence electrons. The Morgan fingerprint density at radius 2 is 2.40 bits per heavy atom. The standard InChI is InChI=1S/C7H9ClN2/c1-3-4-6-5-10(2)9-7(6)8/h3-5H,1-2H3/b4-3+. The van der Waals surface area contributed by atoms with Crippen molar-refractivity contribution < 1.29 is 0 Å². The van der Waals surface area contributed by atoms with E-state index >= 15 is 0 Å². The highest BCUT2D eigenvalue weighted by Gasteiger charge is 1.98. The van der Waals surface area contributed by atoms with Crippen molar-refractivity contribution >= 4 is 17.7 Å². The first kappa shape index (κ1) is 7.35. The molecule has 0 fully saturated rings. The summed E-state index contributed by atoms with van der Waals surface area (Å²) in [6.07, 6.45) is 5.74. The Kier molecular flexibility index (Phi) is 2.12. The van der Waals surface area contributed by atoms with Gasteiger partial charge in [-0.15, -0.1) is 0 Å². The first-order valence-electron chi connectivity index (χ1n) is 3.06. The van der Waals surface area contributed by atoms with Gasteiger partial charge < -0.3 is 0 Å². The van der Waals surface area contributed by atoms with Gasteiger partial charge in [-0.05, 0) is 6.92 Å². The minimum absolute atomic E-state index is 0.556. The Balaban J connectivity index is 3.03. The third-order valence-electron chi connectivity index (χ3n) is 1.16. The molecule has 0 saturated heterocycles. The minimum atomic E-state index is 0.556. The Labute approximate surface area is 65.1 Å². The van der Waals surface area contributed by atoms with Gasteiger partial charge in [-0.3, -0.25) is 4.68 Å². The molecule has 0 bridgehead atoms. The lowest BCUT2D eigenvalue weighted by atomic mass is 10.3. The first-order valence-corrected chi connectivity index (χ1v) is 3.43. The number of nitrogens with zero attached hydrogens (tertiary/aromatic N) is 2. The summed E-state index contributed by atoms with van der Waals surface area (Å²) in [4.78, 5) is 0. The maximum Gasteiger partial charge on any atom is 0.158 e. The van der Waals surface area contributed by atoms with Crippen molar-refractivity contribution in [2.24, 2.45) is 7.05 Å². The molecule has 1 rings (SSSR count). The zero-order valence-corrected chi connectivity index (χ0v) is 6.76. The zero-order chi connectivity index (χ0) is 7.56. The fourth-order valence-electron chi connectivity index (χ4n) is 0.771. The summed E-state index contributed by atoms with van der Waals surface area (Å²) < 4.78 is 1.69. The van der Waals surface area contributed by atoms with E-state index in [1.54, 1.807) is 4.68 Å². The van der Waals surface area contributed by atoms with Crippen molar-refractivity contribution in [1.82, 2.24) is 9.78 Å². The van der Waals surface area contributed by atoms with Gasteiger partial charge in [0.1, 0.15) is 0 Å². The van der Waals surface area contributed by atoms with E-state index in [1.165, 1.54) is 0 Å². The van der Waals surface area contributed by atoms with E-state index in [0.29, 0.717) is 5.15 Å². The van der Waals surface area contributed by atoms with Gasteiger partial charge in [0.2, 0.25) is 0 Å². The molecule has 1 heterocycles. The molecule has 0 unspecified atom stereocenters. The summed E-state index contributed by atoms with van der Waals surface area (Å²) in [5.74, 6) is 0. The molecule has 0 N–H and O–H groups in total. The molecule has 10 heavy (non-hydrogen) atoms. The molecule has 0 amide bonds. The first-order chi connectivity index (χ1) is 4.74. The van der Waals surface area contributed by atoms with Crippen molar-refractivity contribution in [1.29, 1.82) is 0 Å². The fraction of sp³-hybridized carbons (Fsp3) is 0.286. The Hall–Kier alpha value is -0.760. The van der Waals surface area contributed by atoms with E-state index in [9.17, 15) is 0 Å². The molecular formula is C7H9ClN2. The number of hydrogen-bond acceptors (Lipinski definition) is 1. The molecule has 0 spiro atoms. The van der Waals surface area contributed by atoms with E-state index in [1.807, 2.05) is 32.3 Å². The molecule has 2 nitrogen and oxygen atoms in total. The highest BCUT2D eigenvalue weighted by Crippen LogP contribution is 2.13. The third-order valence-corrected chi connectivity index (χ3v) is 1.45. The van der Waals surface area contributed by atoms with Crippen LogP contribution >= 0.6 is 11.6 Å². The smallest absolute Gasteiger partial charge is 0.158 e. The molecule has 1 aromatic heterocycles. The molecule has 0 radical (unpaired) electrons. The molecule has 0 aromatic carbocycles. The zero-order valence-electron chi connectivity index (χ0n) is 6.00. The maximum absolute atomic E-state index is 5.74. The summed E-state index contributed by atoms with van der Waals surface area (Å²) in [6, 6.07) is 0. The third kappa shape index (κ3) is 1.39. The predicted molar refractivity (Wildman–Crippen MR) is 42.9 cm³/mol. The van der Waals surface area contributed by atoms with Gasteiger partial charge in [-0.2, -0.15) is 5.10 Å². The molecular weight excluding hydrogens is 148 g/mol. The van der Waals surface area contributed by atoms with Crippen molar-refractivity contribution in [3.8, 4) is 0 Å². The lowest BCUT2D eigenvalue weighted by Gasteiger charge is -1.80. The Morgan fingerprint density at radius 1 is 1.70 bits per heavy atom. The highest BCUT2D eigenvalue weighted by molar-refractivity contribution is 6.30. The van der Waals surface area contributed by atoms with Crippen LogP contribution in [0.2, 0.25) is 5.15 Å². The Bertz CT molecular complexity index is 250. The molecule has 0 atom stereocenters. The summed E-state index contributed by atoms with van der Waals surface area (Å²) in [5.41, 5.74) is 0.965. The minimum Gasteiger partial charge on any atom is -0.274 e. The van der Waals surface area contributed by atoms with E-state index in [0.717, 1.165) is 5.56 Å². The fourth-order valence-corrected chi connectivity index (χ4v) is 1.00. The molecule has 0 aliphatic rings. The van der Waals surface area contributed by atoms with Gasteiger partial charge in [-0.25, -0.2) is 0 Å². The second kappa shape index (κ2) is 2.88. The lowest BCUT2D eigenvalue weighted by molar-refractivity contribution is 0.768. The van der Waals surface area contributed by atoms with E-state index < -0.39 is 0 Å². The number of rotatable bonds is 1. The van der Waals surface area contributed by atoms with Crippen LogP contribution < -0.4 is 0 Å². The van der Waals surface area contributed by atoms with Crippen LogP contribution in [0.3, 0.4) is 0 Å². The maximum atomic E-state index is 5.74. The number of halogens is 1. The van der Waals surface area contributed by atoms with Crippen LogP contribution in [0.25, 0.3) is 6.08 Å². The number of aromatic nitrogens is 2. The Morgan fingerprint density at radius 3 is 2.80 bits per heavy atom. The van der Waals surface area contributed by atoms with Gasteiger partial charge in [0.05, 0.1) is 0 Å². The van der Waals surface area contributed by atoms with Crippen LogP contribution in [0.4, 0.5) is 0 Å². The van der Waals surface area contributed by atoms with Crippen LogP contribution in [0.5, 0.6) is 0 Å². The average molecular weight is 157 g/mol. The van der Waals surface area contributed by atoms with Crippen LogP contribution in [0.1, 0.15) is 12.5 Å². The lowest BCUT2D eigenvalue weighted by Crippen LogP contribution is -1.84. The quantitative estimate of drug-likeness (QED) is 0.609. The summed E-state index contributed by atoms with van der Waals surface area (Å²) in [7, 11) is 1.85. The summed E-state index contributed by atoms with van der Waals surface area (Å²) >= 11 is 5.74. The van der Waals surface area contributed by atoms with E-state index in [2.05, 4.69) is 5.10 Å². The van der Waals surface area contributed by atoms with Crippen LogP contribution in [0, 0.1) is 0 Å². The molecule has 0 aliphatic heterocycles. The molecule has 1 aromatic rings. The second-order valence-corrected chi connectivity index (χ2v) is 2.41. The monoisotopic (exact) mass is 156 g/mol. The van der Waals surface area contributed by atoms with Crippen molar-refractivity contribution in [3.63, 3.8) is 0 Å². The van der Waals surface area contributed by atoms with Gasteiger partial charge in [0.25, 0.3) is 0 Å². The van der Waals surface area contributed by atoms with Crippen molar-refractivity contribution in [3.05, 3.63) is 23.0 Å². The van der Waals surface area contributed by atoms with E-state index in [4.69, 9.17) is 11.6 Å². The summed E-state index contributed by atoms with van der Waals surface area (Å²) in [5, 5.41) is 4.52. The number of hydrogen-bond donors (Lipinski definition) is 0. The molecule has 0 aliphatic carbocycles. The van der Waals surface area contributed by atoms with E-state index in [-0.39, 0.29) is 0 Å². The van der Waals surface area contributed by atoms with Gasteiger partial charge >= 0.3 is 0 Å². The summed E-state index contributed by atoms with van der Waals surface area (Å²) in [6.45, 7) is 1.95. The van der Waals surface area contributed by atoms with Crippen molar-refractivity contribution in [2.45, 2.75) is 6.92 Å². The molecule has 3 heteroatoms. The van der Waals surface area contributed by atoms with Crippen LogP contribution in [-0.2, 0) is 7.05 Å². The number of allylic oxidation sites excluding steroid dienone is 1. The van der Waals surface area contributed by atoms with Gasteiger partial charge in [-0.1, -0.05) is 23.8 Å². The average Bonchev–Trinajstić information content (AvgIpc) is 2.13. The number of aryl methyl sites for hydroxylation is 1. The largest absolute Gasteiger partial charge is 0.274 e. The van der Waals surface area contributed by atoms with Gasteiger partial charge in [0.15, 0.2) is 5.15 Å². The van der Waals surface area contributed by atoms with Crippen molar-refractivity contribution in [2.75, 3.05) is 0 Å². The topological polar surface area (TPSA) is 17.8 Å². The SMILES string of the molecule is C/C=C/c1cn(C)nc1Cl. The predicted octanol–water partition coefficient (Wildman–Crippen LogP) is 2.11. The van der Waals surface area contributed by atoms with Crippen LogP contribution in [-0.4, -0.2) is 9.78 Å². The van der Waals surface area contributed by atoms with Crippen LogP contribution in [0.15, 0.2) is 12.3 Å². The van der Waals surface area contributed by atoms with Gasteiger partial charge in [0, 0.05) is 18.8 Å². The second-order valence-electron chi connectivity index (χ2n) is 2.05. The molecule has 0 saturated carbocycles. The highest BCUT2D eigenvalue weighted by atomic mass is 35.5. The normalized spacial score (nSPS) is 11.1.